The number of thiophene rings is 1. The molecule has 12 heteroatoms. The van der Waals surface area contributed by atoms with Crippen molar-refractivity contribution in [3.8, 4) is 5.75 Å². The molecule has 1 aromatic carbocycles. The van der Waals surface area contributed by atoms with Gasteiger partial charge in [-0.25, -0.2) is 4.79 Å². The van der Waals surface area contributed by atoms with E-state index in [1.54, 1.807) is 0 Å². The number of fused-ring (bicyclic) bond motifs is 3. The number of ether oxygens (including phenoxy) is 2. The third kappa shape index (κ3) is 8.02. The van der Waals surface area contributed by atoms with Gasteiger partial charge in [0.05, 0.1) is 26.2 Å². The molecule has 8 nitrogen and oxygen atoms in total. The number of rotatable bonds is 10. The van der Waals surface area contributed by atoms with Crippen LogP contribution >= 0.6 is 11.3 Å². The monoisotopic (exact) mass is 626 g/mol. The highest BCUT2D eigenvalue weighted by atomic mass is 32.1. The number of anilines is 1. The lowest BCUT2D eigenvalue weighted by molar-refractivity contribution is -0.946. The van der Waals surface area contributed by atoms with Crippen LogP contribution in [0.1, 0.15) is 49.8 Å². The predicted octanol–water partition coefficient (Wildman–Crippen LogP) is 4.11. The lowest BCUT2D eigenvalue weighted by Crippen LogP contribution is -2.65. The summed E-state index contributed by atoms with van der Waals surface area (Å²) in [7, 11) is 4.07. The molecule has 4 fully saturated rings. The van der Waals surface area contributed by atoms with Gasteiger partial charge >= 0.3 is 12.1 Å². The van der Waals surface area contributed by atoms with Crippen LogP contribution in [-0.2, 0) is 19.9 Å². The SMILES string of the molecule is CN(C)c1cccc(OCCC[N+]23CCC(CC2)[C@@H](OC(=O)[C@](O)(c2cccs2)C2CCCC2)C3)c1.O=C([O-])C(F)(F)F. The van der Waals surface area contributed by atoms with Crippen molar-refractivity contribution in [1.82, 2.24) is 0 Å². The van der Waals surface area contributed by atoms with Crippen molar-refractivity contribution < 1.29 is 46.9 Å². The molecule has 1 N–H and O–H groups in total. The number of carbonyl (C=O) groups excluding carboxylic acids is 2. The second-order valence-corrected chi connectivity index (χ2v) is 13.0. The van der Waals surface area contributed by atoms with E-state index in [4.69, 9.17) is 19.4 Å². The molecule has 4 heterocycles. The largest absolute Gasteiger partial charge is 0.542 e. The quantitative estimate of drug-likeness (QED) is 0.241. The van der Waals surface area contributed by atoms with Gasteiger partial charge in [-0.1, -0.05) is 25.0 Å². The van der Waals surface area contributed by atoms with E-state index < -0.39 is 23.7 Å². The van der Waals surface area contributed by atoms with Crippen molar-refractivity contribution in [2.24, 2.45) is 11.8 Å². The van der Waals surface area contributed by atoms with Gasteiger partial charge in [-0.2, -0.15) is 13.2 Å². The summed E-state index contributed by atoms with van der Waals surface area (Å²) in [5.74, 6) is -2.15. The fourth-order valence-corrected chi connectivity index (χ4v) is 7.54. The number of esters is 1. The first kappa shape index (κ1) is 33.1. The molecule has 0 spiro atoms. The Labute approximate surface area is 254 Å². The first-order valence-corrected chi connectivity index (χ1v) is 15.7. The maximum atomic E-state index is 13.6. The van der Waals surface area contributed by atoms with Gasteiger partial charge in [0.15, 0.2) is 11.7 Å². The number of aliphatic hydroxyl groups is 1. The molecule has 1 aromatic heterocycles. The summed E-state index contributed by atoms with van der Waals surface area (Å²) >= 11 is 1.46. The normalized spacial score (nSPS) is 24.9. The number of halogens is 3. The fraction of sp³-hybridized carbons (Fsp3) is 0.613. The van der Waals surface area contributed by atoms with E-state index in [2.05, 4.69) is 17.0 Å². The summed E-state index contributed by atoms with van der Waals surface area (Å²) in [6, 6.07) is 12.0. The summed E-state index contributed by atoms with van der Waals surface area (Å²) in [5.41, 5.74) is -0.367. The zero-order valence-corrected chi connectivity index (χ0v) is 25.5. The molecule has 6 rings (SSSR count). The van der Waals surface area contributed by atoms with E-state index in [-0.39, 0.29) is 12.0 Å². The molecule has 0 amide bonds. The second kappa shape index (κ2) is 13.9. The molecule has 4 aliphatic rings. The third-order valence-corrected chi connectivity index (χ3v) is 10.1. The number of quaternary nitrogens is 1. The number of aliphatic carboxylic acids is 1. The first-order valence-electron chi connectivity index (χ1n) is 14.8. The Morgan fingerprint density at radius 3 is 2.35 bits per heavy atom. The van der Waals surface area contributed by atoms with Gasteiger partial charge < -0.3 is 33.9 Å². The van der Waals surface area contributed by atoms with Gasteiger partial charge in [0.25, 0.3) is 0 Å². The highest BCUT2D eigenvalue weighted by Crippen LogP contribution is 2.44. The van der Waals surface area contributed by atoms with Gasteiger partial charge in [0, 0.05) is 61.8 Å². The number of carbonyl (C=O) groups is 2. The summed E-state index contributed by atoms with van der Waals surface area (Å²) < 4.78 is 44.8. The van der Waals surface area contributed by atoms with E-state index in [0.717, 1.165) is 91.9 Å². The number of nitrogens with zero attached hydrogens (tertiary/aromatic N) is 2. The van der Waals surface area contributed by atoms with Gasteiger partial charge in [0.2, 0.25) is 0 Å². The molecule has 3 aliphatic heterocycles. The van der Waals surface area contributed by atoms with Crippen LogP contribution in [0.4, 0.5) is 18.9 Å². The van der Waals surface area contributed by atoms with Crippen LogP contribution in [0.15, 0.2) is 41.8 Å². The van der Waals surface area contributed by atoms with E-state index in [1.807, 2.05) is 43.7 Å². The summed E-state index contributed by atoms with van der Waals surface area (Å²) in [5, 5.41) is 22.5. The Balaban J connectivity index is 0.000000541. The topological polar surface area (TPSA) is 99.1 Å². The van der Waals surface area contributed by atoms with Crippen molar-refractivity contribution >= 4 is 29.0 Å². The Morgan fingerprint density at radius 1 is 1.09 bits per heavy atom. The molecule has 2 bridgehead atoms. The minimum atomic E-state index is -5.19. The fourth-order valence-electron chi connectivity index (χ4n) is 6.65. The van der Waals surface area contributed by atoms with E-state index in [0.29, 0.717) is 12.5 Å². The van der Waals surface area contributed by atoms with Gasteiger partial charge in [0.1, 0.15) is 18.3 Å². The predicted molar refractivity (Wildman–Crippen MR) is 154 cm³/mol. The van der Waals surface area contributed by atoms with Crippen molar-refractivity contribution in [2.45, 2.75) is 62.8 Å². The van der Waals surface area contributed by atoms with E-state index >= 15 is 0 Å². The van der Waals surface area contributed by atoms with E-state index in [9.17, 15) is 23.1 Å². The molecular weight excluding hydrogens is 585 g/mol. The third-order valence-electron chi connectivity index (χ3n) is 9.06. The zero-order chi connectivity index (χ0) is 31.3. The number of hydrogen-bond donors (Lipinski definition) is 1. The number of hydrogen-bond acceptors (Lipinski definition) is 8. The van der Waals surface area contributed by atoms with Gasteiger partial charge in [-0.05, 0) is 36.4 Å². The zero-order valence-electron chi connectivity index (χ0n) is 24.7. The standard InChI is InChI=1S/C29H41N2O4S.C2HF3O2/c1-30(2)24-10-5-11-25(20-24)34-18-7-15-31-16-13-22(14-17-31)26(21-31)35-28(32)29(33,23-8-3-4-9-23)27-12-6-19-36-27;3-2(4,5)1(6)7/h5-6,10-12,19-20,22-23,26,33H,3-4,7-9,13-18,21H2,1-2H3;(H,6,7)/q+1;/p-1/t22?,26-,29+,31?;/m0./s1. The summed E-state index contributed by atoms with van der Waals surface area (Å²) in [6.45, 7) is 4.87. The van der Waals surface area contributed by atoms with Crippen LogP contribution in [0.5, 0.6) is 5.75 Å². The number of piperidine rings is 3. The molecule has 0 unspecified atom stereocenters. The molecule has 0 radical (unpaired) electrons. The Kier molecular flexibility index (Phi) is 10.7. The summed E-state index contributed by atoms with van der Waals surface area (Å²) in [6.07, 6.45) is 1.75. The van der Waals surface area contributed by atoms with Gasteiger partial charge in [-0.15, -0.1) is 11.3 Å². The van der Waals surface area contributed by atoms with Crippen LogP contribution < -0.4 is 14.7 Å². The van der Waals surface area contributed by atoms with E-state index in [1.165, 1.54) is 11.3 Å². The number of benzene rings is 1. The molecular formula is C31H41F3N2O6S. The number of carboxylic acid groups (broad SMARTS) is 1. The highest BCUT2D eigenvalue weighted by Gasteiger charge is 2.53. The smallest absolute Gasteiger partial charge is 0.430 e. The van der Waals surface area contributed by atoms with Crippen LogP contribution in [-0.4, -0.2) is 80.7 Å². The minimum Gasteiger partial charge on any atom is -0.542 e. The Bertz CT molecular complexity index is 1210. The minimum absolute atomic E-state index is 0.0453. The van der Waals surface area contributed by atoms with Crippen molar-refractivity contribution in [2.75, 3.05) is 51.8 Å². The Morgan fingerprint density at radius 2 is 1.77 bits per heavy atom. The molecule has 2 aromatic rings. The average Bonchev–Trinajstić information content (AvgIpc) is 3.71. The number of alkyl halides is 3. The summed E-state index contributed by atoms with van der Waals surface area (Å²) in [4.78, 5) is 25.2. The molecule has 3 saturated heterocycles. The van der Waals surface area contributed by atoms with Crippen LogP contribution in [0, 0.1) is 11.8 Å². The first-order chi connectivity index (χ1) is 20.3. The highest BCUT2D eigenvalue weighted by molar-refractivity contribution is 7.10. The lowest BCUT2D eigenvalue weighted by atomic mass is 9.82. The molecule has 2 atom stereocenters. The molecule has 238 valence electrons. The van der Waals surface area contributed by atoms with Crippen LogP contribution in [0.2, 0.25) is 0 Å². The average molecular weight is 627 g/mol. The molecule has 43 heavy (non-hydrogen) atoms. The lowest BCUT2D eigenvalue weighted by Gasteiger charge is -2.52. The van der Waals surface area contributed by atoms with Crippen molar-refractivity contribution in [3.63, 3.8) is 0 Å². The van der Waals surface area contributed by atoms with Crippen LogP contribution in [0.25, 0.3) is 0 Å². The maximum Gasteiger partial charge on any atom is 0.430 e. The maximum absolute atomic E-state index is 13.6. The van der Waals surface area contributed by atoms with Crippen molar-refractivity contribution in [1.29, 1.82) is 0 Å². The van der Waals surface area contributed by atoms with Gasteiger partial charge in [-0.3, -0.25) is 0 Å². The second-order valence-electron chi connectivity index (χ2n) is 12.1. The number of carboxylic acids is 1. The molecule has 1 aliphatic carbocycles. The van der Waals surface area contributed by atoms with Crippen molar-refractivity contribution in [3.05, 3.63) is 46.7 Å². The Hall–Kier alpha value is -2.83. The molecule has 1 saturated carbocycles. The van der Waals surface area contributed by atoms with Crippen LogP contribution in [0.3, 0.4) is 0 Å².